The van der Waals surface area contributed by atoms with Gasteiger partial charge in [0.2, 0.25) is 0 Å². The summed E-state index contributed by atoms with van der Waals surface area (Å²) in [5, 5.41) is 3.19. The van der Waals surface area contributed by atoms with Gasteiger partial charge in [0.25, 0.3) is 5.56 Å². The Morgan fingerprint density at radius 1 is 1.23 bits per heavy atom. The Kier molecular flexibility index (Phi) is 3.48. The third kappa shape index (κ3) is 2.09. The molecule has 3 aromatic rings. The number of hydrogen-bond acceptors (Lipinski definition) is 3. The van der Waals surface area contributed by atoms with Gasteiger partial charge in [-0.2, -0.15) is 0 Å². The molecule has 0 saturated heterocycles. The van der Waals surface area contributed by atoms with Gasteiger partial charge in [0.1, 0.15) is 5.75 Å². The number of nitrogens with zero attached hydrogens (tertiary/aromatic N) is 2. The quantitative estimate of drug-likeness (QED) is 0.808. The Hall–Kier alpha value is -2.56. The normalized spacial score (nSPS) is 11.1. The van der Waals surface area contributed by atoms with Crippen LogP contribution in [0.25, 0.3) is 16.8 Å². The van der Waals surface area contributed by atoms with Crippen LogP contribution in [0.1, 0.15) is 23.9 Å². The third-order valence-electron chi connectivity index (χ3n) is 4.06. The van der Waals surface area contributed by atoms with Crippen LogP contribution in [-0.4, -0.2) is 21.7 Å². The Morgan fingerprint density at radius 2 is 1.91 bits per heavy atom. The number of benzene rings is 1. The molecule has 114 valence electrons. The average Bonchev–Trinajstić information content (AvgIpc) is 2.91. The van der Waals surface area contributed by atoms with Crippen LogP contribution in [0.4, 0.5) is 0 Å². The highest BCUT2D eigenvalue weighted by Gasteiger charge is 2.17. The van der Waals surface area contributed by atoms with Gasteiger partial charge in [-0.15, -0.1) is 0 Å². The molecule has 1 aromatic carbocycles. The summed E-state index contributed by atoms with van der Waals surface area (Å²) in [6.07, 6.45) is 0.794. The number of ether oxygens (including phenoxy) is 1. The number of rotatable bonds is 3. The standard InChI is InChI=1S/C17H19N3O2/c1-5-14-15(12-6-8-13(22-4)9-7-12)16-18-11(3)10(2)17(21)20(16)19-14/h6-9,19H,5H2,1-4H3. The predicted molar refractivity (Wildman–Crippen MR) is 86.7 cm³/mol. The van der Waals surface area contributed by atoms with E-state index in [1.165, 1.54) is 0 Å². The molecule has 0 fully saturated rings. The van der Waals surface area contributed by atoms with Gasteiger partial charge in [-0.3, -0.25) is 9.89 Å². The number of aromatic nitrogens is 3. The van der Waals surface area contributed by atoms with Crippen molar-refractivity contribution in [1.29, 1.82) is 0 Å². The maximum Gasteiger partial charge on any atom is 0.275 e. The van der Waals surface area contributed by atoms with Crippen molar-refractivity contribution in [2.75, 3.05) is 7.11 Å². The number of hydrogen-bond donors (Lipinski definition) is 1. The summed E-state index contributed by atoms with van der Waals surface area (Å²) < 4.78 is 6.75. The predicted octanol–water partition coefficient (Wildman–Crippen LogP) is 2.88. The maximum absolute atomic E-state index is 12.4. The van der Waals surface area contributed by atoms with E-state index in [1.54, 1.807) is 18.5 Å². The van der Waals surface area contributed by atoms with Gasteiger partial charge >= 0.3 is 0 Å². The summed E-state index contributed by atoms with van der Waals surface area (Å²) in [6, 6.07) is 7.81. The van der Waals surface area contributed by atoms with Crippen molar-refractivity contribution in [2.45, 2.75) is 27.2 Å². The molecular formula is C17H19N3O2. The fourth-order valence-corrected chi connectivity index (χ4v) is 2.63. The monoisotopic (exact) mass is 297 g/mol. The van der Waals surface area contributed by atoms with Crippen molar-refractivity contribution >= 4 is 5.65 Å². The molecule has 0 atom stereocenters. The molecule has 2 aromatic heterocycles. The third-order valence-corrected chi connectivity index (χ3v) is 4.06. The van der Waals surface area contributed by atoms with Gasteiger partial charge in [-0.05, 0) is 38.0 Å². The topological polar surface area (TPSA) is 59.4 Å². The molecule has 0 unspecified atom stereocenters. The molecule has 3 rings (SSSR count). The van der Waals surface area contributed by atoms with E-state index in [4.69, 9.17) is 4.74 Å². The molecule has 0 aliphatic rings. The first kappa shape index (κ1) is 14.4. The Bertz CT molecular complexity index is 889. The summed E-state index contributed by atoms with van der Waals surface area (Å²) >= 11 is 0. The minimum atomic E-state index is -0.0445. The molecule has 5 heteroatoms. The first-order valence-electron chi connectivity index (χ1n) is 7.32. The largest absolute Gasteiger partial charge is 0.497 e. The maximum atomic E-state index is 12.4. The van der Waals surface area contributed by atoms with E-state index in [0.29, 0.717) is 11.2 Å². The van der Waals surface area contributed by atoms with Crippen molar-refractivity contribution in [1.82, 2.24) is 14.6 Å². The fourth-order valence-electron chi connectivity index (χ4n) is 2.63. The van der Waals surface area contributed by atoms with Gasteiger partial charge in [0.05, 0.1) is 7.11 Å². The highest BCUT2D eigenvalue weighted by atomic mass is 16.5. The van der Waals surface area contributed by atoms with E-state index in [2.05, 4.69) is 17.0 Å². The molecule has 0 spiro atoms. The minimum Gasteiger partial charge on any atom is -0.497 e. The summed E-state index contributed by atoms with van der Waals surface area (Å²) in [4.78, 5) is 17.1. The Balaban J connectivity index is 2.33. The lowest BCUT2D eigenvalue weighted by Crippen LogP contribution is -2.19. The lowest BCUT2D eigenvalue weighted by atomic mass is 10.0. The molecular weight excluding hydrogens is 278 g/mol. The molecule has 0 bridgehead atoms. The van der Waals surface area contributed by atoms with E-state index in [-0.39, 0.29) is 5.56 Å². The number of H-pyrrole nitrogens is 1. The van der Waals surface area contributed by atoms with Gasteiger partial charge in [-0.1, -0.05) is 19.1 Å². The molecule has 2 heterocycles. The van der Waals surface area contributed by atoms with Crippen LogP contribution in [0.3, 0.4) is 0 Å². The summed E-state index contributed by atoms with van der Waals surface area (Å²) in [7, 11) is 1.64. The molecule has 0 saturated carbocycles. The van der Waals surface area contributed by atoms with Gasteiger partial charge in [-0.25, -0.2) is 9.50 Å². The van der Waals surface area contributed by atoms with Crippen molar-refractivity contribution in [3.05, 3.63) is 51.6 Å². The van der Waals surface area contributed by atoms with E-state index in [1.807, 2.05) is 31.2 Å². The van der Waals surface area contributed by atoms with Crippen molar-refractivity contribution in [3.63, 3.8) is 0 Å². The van der Waals surface area contributed by atoms with Gasteiger partial charge in [0, 0.05) is 22.5 Å². The highest BCUT2D eigenvalue weighted by molar-refractivity contribution is 5.80. The molecule has 0 amide bonds. The first-order chi connectivity index (χ1) is 10.6. The molecule has 1 N–H and O–H groups in total. The second-order valence-electron chi connectivity index (χ2n) is 5.33. The second kappa shape index (κ2) is 5.33. The number of aryl methyl sites for hydroxylation is 2. The smallest absolute Gasteiger partial charge is 0.275 e. The van der Waals surface area contributed by atoms with E-state index in [9.17, 15) is 4.79 Å². The van der Waals surface area contributed by atoms with Crippen molar-refractivity contribution in [2.24, 2.45) is 0 Å². The van der Waals surface area contributed by atoms with Gasteiger partial charge in [0.15, 0.2) is 5.65 Å². The minimum absolute atomic E-state index is 0.0445. The molecule has 22 heavy (non-hydrogen) atoms. The lowest BCUT2D eigenvalue weighted by Gasteiger charge is -2.05. The highest BCUT2D eigenvalue weighted by Crippen LogP contribution is 2.29. The Labute approximate surface area is 128 Å². The van der Waals surface area contributed by atoms with Crippen LogP contribution < -0.4 is 10.3 Å². The number of aromatic amines is 1. The zero-order valence-corrected chi connectivity index (χ0v) is 13.2. The number of fused-ring (bicyclic) bond motifs is 1. The number of nitrogens with one attached hydrogen (secondary N) is 1. The van der Waals surface area contributed by atoms with Gasteiger partial charge < -0.3 is 4.74 Å². The van der Waals surface area contributed by atoms with Crippen LogP contribution >= 0.6 is 0 Å². The first-order valence-corrected chi connectivity index (χ1v) is 7.32. The average molecular weight is 297 g/mol. The van der Waals surface area contributed by atoms with Crippen LogP contribution in [0.15, 0.2) is 29.1 Å². The van der Waals surface area contributed by atoms with Crippen molar-refractivity contribution < 1.29 is 4.74 Å². The van der Waals surface area contributed by atoms with E-state index < -0.39 is 0 Å². The van der Waals surface area contributed by atoms with Crippen LogP contribution in [0.2, 0.25) is 0 Å². The molecule has 5 nitrogen and oxygen atoms in total. The Morgan fingerprint density at radius 3 is 2.50 bits per heavy atom. The van der Waals surface area contributed by atoms with Crippen LogP contribution in [0, 0.1) is 13.8 Å². The second-order valence-corrected chi connectivity index (χ2v) is 5.33. The lowest BCUT2D eigenvalue weighted by molar-refractivity contribution is 0.415. The summed E-state index contributed by atoms with van der Waals surface area (Å²) in [5.41, 5.74) is 5.06. The van der Waals surface area contributed by atoms with E-state index >= 15 is 0 Å². The summed E-state index contributed by atoms with van der Waals surface area (Å²) in [6.45, 7) is 5.73. The molecule has 0 aliphatic carbocycles. The molecule has 0 aliphatic heterocycles. The van der Waals surface area contributed by atoms with Crippen molar-refractivity contribution in [3.8, 4) is 16.9 Å². The number of methoxy groups -OCH3 is 1. The van der Waals surface area contributed by atoms with Crippen LogP contribution in [-0.2, 0) is 6.42 Å². The van der Waals surface area contributed by atoms with Crippen LogP contribution in [0.5, 0.6) is 5.75 Å². The zero-order valence-electron chi connectivity index (χ0n) is 13.2. The summed E-state index contributed by atoms with van der Waals surface area (Å²) in [5.74, 6) is 0.804. The fraction of sp³-hybridized carbons (Fsp3) is 0.294. The molecule has 0 radical (unpaired) electrons. The van der Waals surface area contributed by atoms with E-state index in [0.717, 1.165) is 34.7 Å². The SMILES string of the molecule is CCc1[nH]n2c(=O)c(C)c(C)nc2c1-c1ccc(OC)cc1. The zero-order chi connectivity index (χ0) is 15.9.